The number of hydrogen-bond acceptors (Lipinski definition) is 6. The second-order valence-electron chi connectivity index (χ2n) is 7.14. The van der Waals surface area contributed by atoms with Gasteiger partial charge in [0.1, 0.15) is 5.82 Å². The molecule has 3 N–H and O–H groups in total. The number of carbonyl (C=O) groups excluding carboxylic acids is 1. The first-order chi connectivity index (χ1) is 11.2. The van der Waals surface area contributed by atoms with Gasteiger partial charge in [0, 0.05) is 50.4 Å². The van der Waals surface area contributed by atoms with E-state index in [0.717, 1.165) is 23.6 Å². The van der Waals surface area contributed by atoms with E-state index in [4.69, 9.17) is 5.73 Å². The molecule has 2 atom stereocenters. The van der Waals surface area contributed by atoms with Gasteiger partial charge in [-0.05, 0) is 19.8 Å². The zero-order valence-corrected chi connectivity index (χ0v) is 15.6. The second-order valence-corrected chi connectivity index (χ2v) is 7.14. The number of aryl methyl sites for hydroxylation is 1. The fraction of sp³-hybridized carbons (Fsp3) is 0.706. The van der Waals surface area contributed by atoms with Crippen LogP contribution in [0, 0.1) is 25.7 Å². The molecule has 1 fully saturated rings. The lowest BCUT2D eigenvalue weighted by Gasteiger charge is -2.25. The van der Waals surface area contributed by atoms with Crippen LogP contribution in [0.15, 0.2) is 0 Å². The number of nitrogens with zero attached hydrogens (tertiary/aromatic N) is 4. The summed E-state index contributed by atoms with van der Waals surface area (Å²) in [7, 11) is 3.87. The normalized spacial score (nSPS) is 20.6. The number of likely N-dealkylation sites (tertiary alicyclic amines) is 1. The van der Waals surface area contributed by atoms with Crippen LogP contribution >= 0.6 is 0 Å². The average molecular weight is 334 g/mol. The molecule has 0 radical (unpaired) electrons. The number of carbonyl (C=O) groups is 1. The van der Waals surface area contributed by atoms with Crippen molar-refractivity contribution in [3.8, 4) is 0 Å². The van der Waals surface area contributed by atoms with E-state index in [2.05, 4.69) is 29.1 Å². The highest BCUT2D eigenvalue weighted by molar-refractivity contribution is 5.78. The number of hydrogen-bond donors (Lipinski definition) is 2. The number of anilines is 2. The van der Waals surface area contributed by atoms with E-state index in [1.807, 2.05) is 37.7 Å². The van der Waals surface area contributed by atoms with Crippen LogP contribution in [0.3, 0.4) is 0 Å². The Kier molecular flexibility index (Phi) is 5.64. The molecule has 24 heavy (non-hydrogen) atoms. The smallest absolute Gasteiger partial charge is 0.236 e. The summed E-state index contributed by atoms with van der Waals surface area (Å²) in [5.74, 6) is 2.39. The van der Waals surface area contributed by atoms with E-state index >= 15 is 0 Å². The Labute approximate surface area is 144 Å². The summed E-state index contributed by atoms with van der Waals surface area (Å²) in [6.45, 7) is 9.88. The fourth-order valence-electron chi connectivity index (χ4n) is 3.12. The number of nitrogens with two attached hydrogens (primary N) is 1. The third-order valence-electron chi connectivity index (χ3n) is 4.85. The summed E-state index contributed by atoms with van der Waals surface area (Å²) in [5.41, 5.74) is 7.54. The molecule has 0 unspecified atom stereocenters. The highest BCUT2D eigenvalue weighted by atomic mass is 16.2. The molecule has 1 aliphatic heterocycles. The molecule has 1 aromatic heterocycles. The van der Waals surface area contributed by atoms with Crippen LogP contribution in [-0.2, 0) is 4.79 Å². The Bertz CT molecular complexity index is 601. The Morgan fingerprint density at radius 3 is 2.54 bits per heavy atom. The highest BCUT2D eigenvalue weighted by Crippen LogP contribution is 2.28. The van der Waals surface area contributed by atoms with Crippen LogP contribution < -0.4 is 16.0 Å². The number of amides is 1. The molecule has 0 spiro atoms. The predicted octanol–water partition coefficient (Wildman–Crippen LogP) is 1.01. The van der Waals surface area contributed by atoms with Crippen LogP contribution in [0.2, 0.25) is 0 Å². The number of nitrogens with one attached hydrogen (secondary N) is 1. The van der Waals surface area contributed by atoms with E-state index < -0.39 is 0 Å². The molecule has 7 nitrogen and oxygen atoms in total. The van der Waals surface area contributed by atoms with Gasteiger partial charge in [-0.15, -0.1) is 0 Å². The fourth-order valence-corrected chi connectivity index (χ4v) is 3.12. The van der Waals surface area contributed by atoms with Gasteiger partial charge in [-0.1, -0.05) is 13.8 Å². The lowest BCUT2D eigenvalue weighted by atomic mass is 9.91. The predicted molar refractivity (Wildman–Crippen MR) is 97.2 cm³/mol. The minimum absolute atomic E-state index is 0.00882. The standard InChI is InChI=1S/C17H30N6O/c1-10(2)13-8-23(15(24)7-18)9-14(13)20-16-11(3)12(4)19-17(21-16)22(5)6/h10,13-14H,7-9,18H2,1-6H3,(H,19,20,21)/t13-,14+/m1/s1. The molecular weight excluding hydrogens is 304 g/mol. The van der Waals surface area contributed by atoms with Crippen LogP contribution in [0.5, 0.6) is 0 Å². The molecular formula is C17H30N6O. The van der Waals surface area contributed by atoms with Crippen LogP contribution in [0.4, 0.5) is 11.8 Å². The largest absolute Gasteiger partial charge is 0.365 e. The minimum Gasteiger partial charge on any atom is -0.365 e. The van der Waals surface area contributed by atoms with Gasteiger partial charge >= 0.3 is 0 Å². The molecule has 134 valence electrons. The molecule has 2 heterocycles. The molecule has 0 bridgehead atoms. The zero-order chi connectivity index (χ0) is 18.0. The molecule has 0 aliphatic carbocycles. The quantitative estimate of drug-likeness (QED) is 0.836. The van der Waals surface area contributed by atoms with Crippen molar-refractivity contribution in [1.82, 2.24) is 14.9 Å². The van der Waals surface area contributed by atoms with E-state index in [1.165, 1.54) is 0 Å². The van der Waals surface area contributed by atoms with Gasteiger partial charge in [-0.25, -0.2) is 4.98 Å². The summed E-state index contributed by atoms with van der Waals surface area (Å²) < 4.78 is 0. The Morgan fingerprint density at radius 2 is 2.00 bits per heavy atom. The lowest BCUT2D eigenvalue weighted by Crippen LogP contribution is -2.36. The molecule has 2 rings (SSSR count). The lowest BCUT2D eigenvalue weighted by molar-refractivity contribution is -0.128. The summed E-state index contributed by atoms with van der Waals surface area (Å²) in [6, 6.07) is 0.170. The van der Waals surface area contributed by atoms with Gasteiger partial charge in [-0.3, -0.25) is 4.79 Å². The van der Waals surface area contributed by atoms with E-state index in [-0.39, 0.29) is 18.5 Å². The summed E-state index contributed by atoms with van der Waals surface area (Å²) in [5, 5.41) is 3.57. The molecule has 1 amide bonds. The highest BCUT2D eigenvalue weighted by Gasteiger charge is 2.37. The molecule has 1 aromatic rings. The van der Waals surface area contributed by atoms with Crippen molar-refractivity contribution < 1.29 is 4.79 Å². The van der Waals surface area contributed by atoms with E-state index in [9.17, 15) is 4.79 Å². The second kappa shape index (κ2) is 7.34. The Hall–Kier alpha value is -1.89. The van der Waals surface area contributed by atoms with Gasteiger partial charge < -0.3 is 20.9 Å². The average Bonchev–Trinajstić information content (AvgIpc) is 2.94. The molecule has 7 heteroatoms. The first-order valence-corrected chi connectivity index (χ1v) is 8.51. The van der Waals surface area contributed by atoms with Crippen molar-refractivity contribution in [3.05, 3.63) is 11.3 Å². The van der Waals surface area contributed by atoms with Crippen molar-refractivity contribution in [2.45, 2.75) is 33.7 Å². The van der Waals surface area contributed by atoms with Gasteiger partial charge in [-0.2, -0.15) is 4.98 Å². The van der Waals surface area contributed by atoms with E-state index in [0.29, 0.717) is 24.3 Å². The molecule has 1 aliphatic rings. The van der Waals surface area contributed by atoms with Gasteiger partial charge in [0.15, 0.2) is 0 Å². The monoisotopic (exact) mass is 334 g/mol. The van der Waals surface area contributed by atoms with Crippen molar-refractivity contribution in [2.75, 3.05) is 43.9 Å². The first kappa shape index (κ1) is 18.4. The minimum atomic E-state index is 0.00882. The summed E-state index contributed by atoms with van der Waals surface area (Å²) >= 11 is 0. The maximum atomic E-state index is 12.0. The van der Waals surface area contributed by atoms with Crippen LogP contribution in [0.1, 0.15) is 25.1 Å². The van der Waals surface area contributed by atoms with Crippen molar-refractivity contribution >= 4 is 17.7 Å². The van der Waals surface area contributed by atoms with Crippen molar-refractivity contribution in [1.29, 1.82) is 0 Å². The summed E-state index contributed by atoms with van der Waals surface area (Å²) in [4.78, 5) is 24.9. The zero-order valence-electron chi connectivity index (χ0n) is 15.6. The number of aromatic nitrogens is 2. The van der Waals surface area contributed by atoms with E-state index in [1.54, 1.807) is 0 Å². The van der Waals surface area contributed by atoms with Gasteiger partial charge in [0.25, 0.3) is 0 Å². The topological polar surface area (TPSA) is 87.4 Å². The first-order valence-electron chi connectivity index (χ1n) is 8.51. The SMILES string of the molecule is Cc1nc(N(C)C)nc(N[C@H]2CN(C(=O)CN)C[C@@H]2C(C)C)c1C. The Balaban J connectivity index is 2.26. The maximum Gasteiger partial charge on any atom is 0.236 e. The Morgan fingerprint density at radius 1 is 1.33 bits per heavy atom. The van der Waals surface area contributed by atoms with Gasteiger partial charge in [0.2, 0.25) is 11.9 Å². The number of rotatable bonds is 5. The van der Waals surface area contributed by atoms with Crippen LogP contribution in [-0.4, -0.2) is 60.5 Å². The maximum absolute atomic E-state index is 12.0. The van der Waals surface area contributed by atoms with Crippen molar-refractivity contribution in [2.24, 2.45) is 17.6 Å². The molecule has 1 saturated heterocycles. The van der Waals surface area contributed by atoms with Gasteiger partial charge in [0.05, 0.1) is 6.54 Å². The third-order valence-corrected chi connectivity index (χ3v) is 4.85. The molecule has 0 aromatic carbocycles. The van der Waals surface area contributed by atoms with Crippen LogP contribution in [0.25, 0.3) is 0 Å². The molecule has 0 saturated carbocycles. The van der Waals surface area contributed by atoms with Crippen molar-refractivity contribution in [3.63, 3.8) is 0 Å². The third kappa shape index (κ3) is 3.77. The summed E-state index contributed by atoms with van der Waals surface area (Å²) in [6.07, 6.45) is 0.